The van der Waals surface area contributed by atoms with Crippen molar-refractivity contribution in [3.05, 3.63) is 23.8 Å². The molecule has 0 unspecified atom stereocenters. The van der Waals surface area contributed by atoms with Crippen LogP contribution in [0.15, 0.2) is 23.2 Å². The van der Waals surface area contributed by atoms with Crippen LogP contribution in [0.25, 0.3) is 0 Å². The summed E-state index contributed by atoms with van der Waals surface area (Å²) in [7, 11) is 5.23. The molecule has 28 heavy (non-hydrogen) atoms. The molecule has 1 amide bonds. The van der Waals surface area contributed by atoms with Crippen LogP contribution in [0.3, 0.4) is 0 Å². The molecule has 1 aliphatic heterocycles. The molecule has 1 N–H and O–H groups in total. The van der Waals surface area contributed by atoms with Gasteiger partial charge in [-0.3, -0.25) is 10.1 Å². The summed E-state index contributed by atoms with van der Waals surface area (Å²) in [4.78, 5) is 19.6. The molecule has 1 aliphatic carbocycles. The third kappa shape index (κ3) is 3.69. The van der Waals surface area contributed by atoms with Crippen molar-refractivity contribution in [3.8, 4) is 11.5 Å². The molecule has 6 nitrogen and oxygen atoms in total. The molecule has 6 heteroatoms. The minimum Gasteiger partial charge on any atom is -0.493 e. The highest BCUT2D eigenvalue weighted by atomic mass is 16.5. The lowest BCUT2D eigenvalue weighted by molar-refractivity contribution is -0.128. The lowest BCUT2D eigenvalue weighted by atomic mass is 9.67. The first-order chi connectivity index (χ1) is 13.2. The van der Waals surface area contributed by atoms with Crippen LogP contribution < -0.4 is 14.8 Å². The Balaban J connectivity index is 1.72. The Hall–Kier alpha value is -2.24. The minimum absolute atomic E-state index is 0.0911. The topological polar surface area (TPSA) is 63.2 Å². The Labute approximate surface area is 168 Å². The number of rotatable bonds is 4. The van der Waals surface area contributed by atoms with Crippen molar-refractivity contribution < 1.29 is 14.3 Å². The first kappa shape index (κ1) is 20.5. The van der Waals surface area contributed by atoms with E-state index in [9.17, 15) is 4.79 Å². The van der Waals surface area contributed by atoms with Crippen LogP contribution in [0.1, 0.15) is 52.0 Å². The van der Waals surface area contributed by atoms with Crippen molar-refractivity contribution in [1.82, 2.24) is 10.2 Å². The van der Waals surface area contributed by atoms with Gasteiger partial charge in [-0.1, -0.05) is 26.8 Å². The number of methoxy groups -OCH3 is 2. The van der Waals surface area contributed by atoms with E-state index >= 15 is 0 Å². The van der Waals surface area contributed by atoms with E-state index in [1.807, 2.05) is 25.2 Å². The van der Waals surface area contributed by atoms with Gasteiger partial charge in [0.25, 0.3) is 5.91 Å². The fraction of sp³-hybridized carbons (Fsp3) is 0.636. The Kier molecular flexibility index (Phi) is 5.60. The fourth-order valence-corrected chi connectivity index (χ4v) is 4.47. The highest BCUT2D eigenvalue weighted by Crippen LogP contribution is 2.44. The number of aliphatic imine (C=N–C) groups is 1. The molecule has 3 rings (SSSR count). The summed E-state index contributed by atoms with van der Waals surface area (Å²) in [6.45, 7) is 7.36. The van der Waals surface area contributed by atoms with Crippen LogP contribution in [0.4, 0.5) is 0 Å². The SMILES string of the molecule is COc1ccc(CN=C2NC(=O)C3(CCC(C(C)(C)C)CC3)N2C)cc1OC. The maximum absolute atomic E-state index is 12.9. The molecule has 1 aromatic rings. The van der Waals surface area contributed by atoms with E-state index in [0.717, 1.165) is 31.2 Å². The fourth-order valence-electron chi connectivity index (χ4n) is 4.47. The summed E-state index contributed by atoms with van der Waals surface area (Å²) in [5.74, 6) is 2.79. The standard InChI is InChI=1S/C22H33N3O3/c1-21(2,3)16-9-11-22(12-10-16)19(26)24-20(25(22)4)23-14-15-7-8-17(27-5)18(13-15)28-6/h7-8,13,16H,9-12,14H2,1-6H3,(H,23,24,26). The number of ether oxygens (including phenoxy) is 2. The Morgan fingerprint density at radius 3 is 2.39 bits per heavy atom. The van der Waals surface area contributed by atoms with Crippen LogP contribution in [0.2, 0.25) is 0 Å². The molecule has 1 saturated heterocycles. The number of carbonyl (C=O) groups excluding carboxylic acids is 1. The summed E-state index contributed by atoms with van der Waals surface area (Å²) < 4.78 is 10.6. The number of likely N-dealkylation sites (N-methyl/N-ethyl adjacent to an activating group) is 1. The smallest absolute Gasteiger partial charge is 0.252 e. The van der Waals surface area contributed by atoms with Crippen molar-refractivity contribution >= 4 is 11.9 Å². The van der Waals surface area contributed by atoms with Crippen LogP contribution in [0, 0.1) is 11.3 Å². The maximum atomic E-state index is 12.9. The van der Waals surface area contributed by atoms with E-state index in [-0.39, 0.29) is 5.91 Å². The van der Waals surface area contributed by atoms with Gasteiger partial charge in [-0.25, -0.2) is 4.99 Å². The van der Waals surface area contributed by atoms with Crippen molar-refractivity contribution in [2.45, 2.75) is 58.5 Å². The van der Waals surface area contributed by atoms with Gasteiger partial charge in [0.1, 0.15) is 5.54 Å². The van der Waals surface area contributed by atoms with Crippen LogP contribution in [-0.2, 0) is 11.3 Å². The predicted octanol–water partition coefficient (Wildman–Crippen LogP) is 3.60. The van der Waals surface area contributed by atoms with E-state index in [1.165, 1.54) is 0 Å². The first-order valence-electron chi connectivity index (χ1n) is 10.0. The monoisotopic (exact) mass is 387 g/mol. The summed E-state index contributed by atoms with van der Waals surface area (Å²) in [6.07, 6.45) is 3.91. The van der Waals surface area contributed by atoms with E-state index in [0.29, 0.717) is 35.3 Å². The van der Waals surface area contributed by atoms with E-state index < -0.39 is 5.54 Å². The normalized spacial score (nSPS) is 26.6. The number of amides is 1. The van der Waals surface area contributed by atoms with Crippen molar-refractivity contribution in [2.24, 2.45) is 16.3 Å². The first-order valence-corrected chi connectivity index (χ1v) is 10.0. The molecule has 2 fully saturated rings. The molecule has 0 atom stereocenters. The quantitative estimate of drug-likeness (QED) is 0.857. The van der Waals surface area contributed by atoms with E-state index in [2.05, 4.69) is 36.0 Å². The zero-order valence-electron chi connectivity index (χ0n) is 18.0. The number of nitrogens with one attached hydrogen (secondary N) is 1. The molecule has 154 valence electrons. The van der Waals surface area contributed by atoms with Crippen LogP contribution >= 0.6 is 0 Å². The van der Waals surface area contributed by atoms with Gasteiger partial charge in [-0.2, -0.15) is 0 Å². The number of guanidine groups is 1. The van der Waals surface area contributed by atoms with Crippen molar-refractivity contribution in [2.75, 3.05) is 21.3 Å². The summed E-state index contributed by atoms with van der Waals surface area (Å²) in [6, 6.07) is 5.76. The van der Waals surface area contributed by atoms with Gasteiger partial charge in [-0.05, 0) is 54.7 Å². The molecule has 1 spiro atoms. The molecular formula is C22H33N3O3. The number of carbonyl (C=O) groups is 1. The number of hydrogen-bond donors (Lipinski definition) is 1. The molecule has 1 saturated carbocycles. The van der Waals surface area contributed by atoms with Crippen LogP contribution in [0.5, 0.6) is 11.5 Å². The van der Waals surface area contributed by atoms with E-state index in [4.69, 9.17) is 9.47 Å². The third-order valence-corrected chi connectivity index (χ3v) is 6.50. The van der Waals surface area contributed by atoms with Crippen LogP contribution in [-0.4, -0.2) is 43.6 Å². The predicted molar refractivity (Wildman–Crippen MR) is 111 cm³/mol. The molecule has 2 aliphatic rings. The van der Waals surface area contributed by atoms with E-state index in [1.54, 1.807) is 14.2 Å². The average molecular weight is 388 g/mol. The zero-order valence-corrected chi connectivity index (χ0v) is 18.0. The minimum atomic E-state index is -0.446. The number of nitrogens with zero attached hydrogens (tertiary/aromatic N) is 2. The molecule has 1 heterocycles. The van der Waals surface area contributed by atoms with Gasteiger partial charge >= 0.3 is 0 Å². The maximum Gasteiger partial charge on any atom is 0.252 e. The Morgan fingerprint density at radius 1 is 1.18 bits per heavy atom. The largest absolute Gasteiger partial charge is 0.493 e. The number of hydrogen-bond acceptors (Lipinski definition) is 4. The van der Waals surface area contributed by atoms with Gasteiger partial charge in [0, 0.05) is 7.05 Å². The third-order valence-electron chi connectivity index (χ3n) is 6.50. The number of benzene rings is 1. The second kappa shape index (κ2) is 7.64. The zero-order chi connectivity index (χ0) is 20.5. The molecule has 1 aromatic carbocycles. The van der Waals surface area contributed by atoms with Gasteiger partial charge in [0.2, 0.25) is 5.96 Å². The molecule has 0 bridgehead atoms. The molecular weight excluding hydrogens is 354 g/mol. The second-order valence-electron chi connectivity index (χ2n) is 9.01. The summed E-state index contributed by atoms with van der Waals surface area (Å²) in [5.41, 5.74) is 0.850. The average Bonchev–Trinajstić information content (AvgIpc) is 2.90. The summed E-state index contributed by atoms with van der Waals surface area (Å²) in [5, 5.41) is 3.02. The van der Waals surface area contributed by atoms with Crippen molar-refractivity contribution in [3.63, 3.8) is 0 Å². The van der Waals surface area contributed by atoms with Gasteiger partial charge in [0.05, 0.1) is 20.8 Å². The Morgan fingerprint density at radius 2 is 1.82 bits per heavy atom. The second-order valence-corrected chi connectivity index (χ2v) is 9.01. The van der Waals surface area contributed by atoms with Gasteiger partial charge in [-0.15, -0.1) is 0 Å². The van der Waals surface area contributed by atoms with Gasteiger partial charge in [0.15, 0.2) is 11.5 Å². The summed E-state index contributed by atoms with van der Waals surface area (Å²) >= 11 is 0. The Bertz CT molecular complexity index is 759. The molecule has 0 radical (unpaired) electrons. The highest BCUT2D eigenvalue weighted by molar-refractivity contribution is 6.08. The highest BCUT2D eigenvalue weighted by Gasteiger charge is 2.52. The van der Waals surface area contributed by atoms with Crippen molar-refractivity contribution in [1.29, 1.82) is 0 Å². The lowest BCUT2D eigenvalue weighted by Gasteiger charge is -2.43. The molecule has 0 aromatic heterocycles. The van der Waals surface area contributed by atoms with Gasteiger partial charge < -0.3 is 14.4 Å². The lowest BCUT2D eigenvalue weighted by Crippen LogP contribution is -2.51.